The first-order valence-electron chi connectivity index (χ1n) is 8.98. The molecule has 0 aromatic carbocycles. The summed E-state index contributed by atoms with van der Waals surface area (Å²) in [7, 11) is 0. The molecule has 1 aromatic rings. The van der Waals surface area contributed by atoms with E-state index in [1.54, 1.807) is 11.8 Å². The predicted octanol–water partition coefficient (Wildman–Crippen LogP) is 1.97. The molecule has 1 unspecified atom stereocenters. The molecule has 1 amide bonds. The first-order chi connectivity index (χ1) is 11.8. The van der Waals surface area contributed by atoms with Crippen LogP contribution in [0.2, 0.25) is 0 Å². The SMILES string of the molecule is Cc1noc(C)c1CN1CCC2(CCC(=O)N(C(C)C(=O)O)C2)CC1. The molecule has 2 aliphatic rings. The van der Waals surface area contributed by atoms with Crippen molar-refractivity contribution in [3.8, 4) is 0 Å². The number of carboxylic acid groups (broad SMARTS) is 1. The molecule has 1 atom stereocenters. The molecule has 2 aliphatic heterocycles. The van der Waals surface area contributed by atoms with Gasteiger partial charge in [-0.25, -0.2) is 4.79 Å². The molecule has 7 nitrogen and oxygen atoms in total. The summed E-state index contributed by atoms with van der Waals surface area (Å²) in [4.78, 5) is 27.4. The molecule has 3 heterocycles. The number of likely N-dealkylation sites (tertiary alicyclic amines) is 2. The molecule has 3 rings (SSSR count). The Morgan fingerprint density at radius 1 is 1.32 bits per heavy atom. The lowest BCUT2D eigenvalue weighted by Crippen LogP contribution is -2.55. The van der Waals surface area contributed by atoms with Crippen LogP contribution >= 0.6 is 0 Å². The number of carboxylic acids is 1. The summed E-state index contributed by atoms with van der Waals surface area (Å²) in [6, 6.07) is -0.745. The minimum Gasteiger partial charge on any atom is -0.480 e. The van der Waals surface area contributed by atoms with Gasteiger partial charge < -0.3 is 14.5 Å². The van der Waals surface area contributed by atoms with Gasteiger partial charge in [0.25, 0.3) is 0 Å². The van der Waals surface area contributed by atoms with Crippen LogP contribution < -0.4 is 0 Å². The zero-order valence-corrected chi connectivity index (χ0v) is 15.2. The molecular formula is C18H27N3O4. The van der Waals surface area contributed by atoms with E-state index in [-0.39, 0.29) is 11.3 Å². The number of carbonyl (C=O) groups excluding carboxylic acids is 1. The summed E-state index contributed by atoms with van der Waals surface area (Å²) in [5.41, 5.74) is 2.17. The number of carbonyl (C=O) groups is 2. The largest absolute Gasteiger partial charge is 0.480 e. The highest BCUT2D eigenvalue weighted by Gasteiger charge is 2.43. The molecule has 0 radical (unpaired) electrons. The Morgan fingerprint density at radius 2 is 2.00 bits per heavy atom. The van der Waals surface area contributed by atoms with Crippen LogP contribution in [0.1, 0.15) is 49.6 Å². The second-order valence-electron chi connectivity index (χ2n) is 7.61. The fourth-order valence-corrected chi connectivity index (χ4v) is 4.08. The average molecular weight is 349 g/mol. The second kappa shape index (κ2) is 6.78. The van der Waals surface area contributed by atoms with Crippen LogP contribution in [-0.2, 0) is 16.1 Å². The summed E-state index contributed by atoms with van der Waals surface area (Å²) in [6.45, 7) is 8.82. The highest BCUT2D eigenvalue weighted by atomic mass is 16.5. The van der Waals surface area contributed by atoms with Gasteiger partial charge in [0, 0.05) is 25.1 Å². The van der Waals surface area contributed by atoms with Crippen molar-refractivity contribution in [2.75, 3.05) is 19.6 Å². The van der Waals surface area contributed by atoms with Gasteiger partial charge in [0.05, 0.1) is 5.69 Å². The van der Waals surface area contributed by atoms with E-state index in [4.69, 9.17) is 4.52 Å². The average Bonchev–Trinajstić information content (AvgIpc) is 2.90. The molecule has 1 N–H and O–H groups in total. The lowest BCUT2D eigenvalue weighted by atomic mass is 9.72. The van der Waals surface area contributed by atoms with E-state index >= 15 is 0 Å². The molecule has 25 heavy (non-hydrogen) atoms. The minimum absolute atomic E-state index is 0.0290. The van der Waals surface area contributed by atoms with Gasteiger partial charge in [-0.15, -0.1) is 0 Å². The van der Waals surface area contributed by atoms with Gasteiger partial charge in [-0.05, 0) is 58.5 Å². The van der Waals surface area contributed by atoms with E-state index in [1.165, 1.54) is 0 Å². The Hall–Kier alpha value is -1.89. The topological polar surface area (TPSA) is 86.9 Å². The fourth-order valence-electron chi connectivity index (χ4n) is 4.08. The van der Waals surface area contributed by atoms with Gasteiger partial charge in [-0.1, -0.05) is 5.16 Å². The third kappa shape index (κ3) is 3.56. The van der Waals surface area contributed by atoms with E-state index < -0.39 is 12.0 Å². The Kier molecular flexibility index (Phi) is 4.86. The number of aliphatic carboxylic acids is 1. The van der Waals surface area contributed by atoms with Crippen LogP contribution in [0.15, 0.2) is 4.52 Å². The van der Waals surface area contributed by atoms with E-state index in [1.807, 2.05) is 13.8 Å². The van der Waals surface area contributed by atoms with Crippen molar-refractivity contribution < 1.29 is 19.2 Å². The van der Waals surface area contributed by atoms with Crippen molar-refractivity contribution >= 4 is 11.9 Å². The van der Waals surface area contributed by atoms with Crippen LogP contribution in [0.25, 0.3) is 0 Å². The number of hydrogen-bond acceptors (Lipinski definition) is 5. The van der Waals surface area contributed by atoms with Crippen LogP contribution in [0.3, 0.4) is 0 Å². The summed E-state index contributed by atoms with van der Waals surface area (Å²) in [6.07, 6.45) is 3.31. The van der Waals surface area contributed by atoms with Crippen molar-refractivity contribution in [2.24, 2.45) is 5.41 Å². The highest BCUT2D eigenvalue weighted by molar-refractivity contribution is 5.84. The van der Waals surface area contributed by atoms with E-state index in [0.29, 0.717) is 13.0 Å². The molecule has 1 spiro atoms. The van der Waals surface area contributed by atoms with Gasteiger partial charge in [-0.2, -0.15) is 0 Å². The Labute approximate surface area is 147 Å². The van der Waals surface area contributed by atoms with Gasteiger partial charge in [0.15, 0.2) is 0 Å². The summed E-state index contributed by atoms with van der Waals surface area (Å²) >= 11 is 0. The number of aromatic nitrogens is 1. The number of aryl methyl sites for hydroxylation is 2. The number of nitrogens with zero attached hydrogens (tertiary/aromatic N) is 3. The number of piperidine rings is 2. The van der Waals surface area contributed by atoms with E-state index in [2.05, 4.69) is 10.1 Å². The predicted molar refractivity (Wildman–Crippen MR) is 91.0 cm³/mol. The molecule has 0 saturated carbocycles. The van der Waals surface area contributed by atoms with Gasteiger partial charge in [-0.3, -0.25) is 9.69 Å². The summed E-state index contributed by atoms with van der Waals surface area (Å²) < 4.78 is 5.24. The van der Waals surface area contributed by atoms with Crippen molar-refractivity contribution in [1.29, 1.82) is 0 Å². The second-order valence-corrected chi connectivity index (χ2v) is 7.61. The van der Waals surface area contributed by atoms with Crippen LogP contribution in [0.4, 0.5) is 0 Å². The third-order valence-electron chi connectivity index (χ3n) is 6.00. The molecule has 7 heteroatoms. The number of amides is 1. The van der Waals surface area contributed by atoms with Gasteiger partial charge in [0.2, 0.25) is 5.91 Å². The Morgan fingerprint density at radius 3 is 2.56 bits per heavy atom. The fraction of sp³-hybridized carbons (Fsp3) is 0.722. The number of hydrogen-bond donors (Lipinski definition) is 1. The summed E-state index contributed by atoms with van der Waals surface area (Å²) in [5.74, 6) is -0.0811. The molecule has 0 aliphatic carbocycles. The van der Waals surface area contributed by atoms with Crippen LogP contribution in [0.5, 0.6) is 0 Å². The molecule has 2 fully saturated rings. The minimum atomic E-state index is -0.929. The first kappa shape index (κ1) is 17.9. The van der Waals surface area contributed by atoms with Crippen molar-refractivity contribution in [1.82, 2.24) is 15.0 Å². The standard InChI is InChI=1S/C18H27N3O4/c1-12-15(14(3)25-19-12)10-20-8-6-18(7-9-20)5-4-16(22)21(11-18)13(2)17(23)24/h13H,4-11H2,1-3H3,(H,23,24). The number of rotatable bonds is 4. The molecule has 138 valence electrons. The molecular weight excluding hydrogens is 322 g/mol. The molecule has 1 aromatic heterocycles. The van der Waals surface area contributed by atoms with Crippen molar-refractivity contribution in [3.05, 3.63) is 17.0 Å². The third-order valence-corrected chi connectivity index (χ3v) is 6.00. The van der Waals surface area contributed by atoms with Gasteiger partial charge in [0.1, 0.15) is 11.8 Å². The maximum absolute atomic E-state index is 12.2. The monoisotopic (exact) mass is 349 g/mol. The normalized spacial score (nSPS) is 22.4. The maximum Gasteiger partial charge on any atom is 0.326 e. The van der Waals surface area contributed by atoms with Crippen molar-refractivity contribution in [2.45, 2.75) is 59.0 Å². The van der Waals surface area contributed by atoms with Crippen LogP contribution in [-0.4, -0.2) is 57.6 Å². The highest BCUT2D eigenvalue weighted by Crippen LogP contribution is 2.41. The Balaban J connectivity index is 1.62. The van der Waals surface area contributed by atoms with E-state index in [9.17, 15) is 14.7 Å². The zero-order chi connectivity index (χ0) is 18.2. The maximum atomic E-state index is 12.2. The van der Waals surface area contributed by atoms with E-state index in [0.717, 1.165) is 55.9 Å². The Bertz CT molecular complexity index is 642. The zero-order valence-electron chi connectivity index (χ0n) is 15.2. The summed E-state index contributed by atoms with van der Waals surface area (Å²) in [5, 5.41) is 13.3. The first-order valence-corrected chi connectivity index (χ1v) is 8.98. The molecule has 2 saturated heterocycles. The van der Waals surface area contributed by atoms with Crippen molar-refractivity contribution in [3.63, 3.8) is 0 Å². The lowest BCUT2D eigenvalue weighted by Gasteiger charge is -2.48. The quantitative estimate of drug-likeness (QED) is 0.894. The van der Waals surface area contributed by atoms with Crippen LogP contribution in [0, 0.1) is 19.3 Å². The smallest absolute Gasteiger partial charge is 0.326 e. The lowest BCUT2D eigenvalue weighted by molar-refractivity contribution is -0.155. The molecule has 0 bridgehead atoms. The van der Waals surface area contributed by atoms with Gasteiger partial charge >= 0.3 is 5.97 Å².